The highest BCUT2D eigenvalue weighted by molar-refractivity contribution is 5.89. The van der Waals surface area contributed by atoms with Gasteiger partial charge in [0, 0.05) is 36.6 Å². The van der Waals surface area contributed by atoms with E-state index < -0.39 is 0 Å². The number of anilines is 1. The van der Waals surface area contributed by atoms with E-state index in [9.17, 15) is 4.79 Å². The van der Waals surface area contributed by atoms with E-state index in [2.05, 4.69) is 20.7 Å². The van der Waals surface area contributed by atoms with Gasteiger partial charge in [0.1, 0.15) is 12.0 Å². The molecule has 0 bridgehead atoms. The third kappa shape index (κ3) is 4.67. The predicted molar refractivity (Wildman–Crippen MR) is 113 cm³/mol. The number of amides is 2. The Bertz CT molecular complexity index is 1100. The van der Waals surface area contributed by atoms with Gasteiger partial charge in [-0.15, -0.1) is 0 Å². The number of carbonyl (C=O) groups excluding carboxylic acids is 1. The second-order valence-electron chi connectivity index (χ2n) is 6.50. The van der Waals surface area contributed by atoms with Crippen molar-refractivity contribution in [3.05, 3.63) is 78.9 Å². The third-order valence-corrected chi connectivity index (χ3v) is 4.43. The number of nitrogens with zero attached hydrogens (tertiary/aromatic N) is 3. The van der Waals surface area contributed by atoms with E-state index in [1.165, 1.54) is 0 Å². The summed E-state index contributed by atoms with van der Waals surface area (Å²) in [6, 6.07) is 16.5. The first-order chi connectivity index (χ1) is 14.7. The first-order valence-electron chi connectivity index (χ1n) is 9.45. The standard InChI is InChI=1S/C22H21N5O3/c1-29-20-8-6-16(7-9-20)21-25-18(15-30-21)10-12-23-22(28)26-17-4-2-5-19(14-17)27-13-3-11-24-27/h2-9,11,13-15H,10,12H2,1H3,(H2,23,26,28). The molecule has 2 amide bonds. The van der Waals surface area contributed by atoms with Crippen LogP contribution in [-0.4, -0.2) is 34.5 Å². The minimum absolute atomic E-state index is 0.286. The van der Waals surface area contributed by atoms with Gasteiger partial charge in [0.25, 0.3) is 0 Å². The third-order valence-electron chi connectivity index (χ3n) is 4.43. The van der Waals surface area contributed by atoms with Crippen LogP contribution in [0.4, 0.5) is 10.5 Å². The maximum Gasteiger partial charge on any atom is 0.319 e. The maximum absolute atomic E-state index is 12.2. The first kappa shape index (κ1) is 19.3. The quantitative estimate of drug-likeness (QED) is 0.488. The molecule has 2 N–H and O–H groups in total. The SMILES string of the molecule is COc1ccc(-c2nc(CCNC(=O)Nc3cccc(-n4cccn4)c3)co2)cc1. The Hall–Kier alpha value is -4.07. The minimum Gasteiger partial charge on any atom is -0.497 e. The van der Waals surface area contributed by atoms with Gasteiger partial charge in [0.15, 0.2) is 0 Å². The number of urea groups is 1. The number of nitrogens with one attached hydrogen (secondary N) is 2. The molecule has 2 aromatic carbocycles. The number of methoxy groups -OCH3 is 1. The molecule has 152 valence electrons. The Balaban J connectivity index is 1.28. The van der Waals surface area contributed by atoms with Gasteiger partial charge in [-0.1, -0.05) is 6.07 Å². The monoisotopic (exact) mass is 403 g/mol. The van der Waals surface area contributed by atoms with Crippen LogP contribution in [0.5, 0.6) is 5.75 Å². The Morgan fingerprint density at radius 2 is 2.03 bits per heavy atom. The average molecular weight is 403 g/mol. The summed E-state index contributed by atoms with van der Waals surface area (Å²) in [4.78, 5) is 16.7. The van der Waals surface area contributed by atoms with Crippen molar-refractivity contribution in [3.63, 3.8) is 0 Å². The number of hydrogen-bond donors (Lipinski definition) is 2. The second kappa shape index (κ2) is 8.95. The summed E-state index contributed by atoms with van der Waals surface area (Å²) in [5.41, 5.74) is 3.18. The number of carbonyl (C=O) groups is 1. The maximum atomic E-state index is 12.2. The molecule has 2 heterocycles. The summed E-state index contributed by atoms with van der Waals surface area (Å²) in [7, 11) is 1.62. The molecule has 0 fully saturated rings. The van der Waals surface area contributed by atoms with E-state index >= 15 is 0 Å². The molecule has 0 aliphatic rings. The fraction of sp³-hybridized carbons (Fsp3) is 0.136. The van der Waals surface area contributed by atoms with Crippen molar-refractivity contribution in [2.24, 2.45) is 0 Å². The van der Waals surface area contributed by atoms with Crippen LogP contribution in [-0.2, 0) is 6.42 Å². The fourth-order valence-electron chi connectivity index (χ4n) is 2.92. The van der Waals surface area contributed by atoms with Gasteiger partial charge < -0.3 is 19.8 Å². The van der Waals surface area contributed by atoms with Crippen LogP contribution in [0.15, 0.2) is 77.7 Å². The first-order valence-corrected chi connectivity index (χ1v) is 9.45. The summed E-state index contributed by atoms with van der Waals surface area (Å²) in [6.45, 7) is 0.430. The summed E-state index contributed by atoms with van der Waals surface area (Å²) in [6.07, 6.45) is 5.71. The molecule has 0 saturated heterocycles. The van der Waals surface area contributed by atoms with E-state index in [0.717, 1.165) is 22.7 Å². The molecule has 0 aliphatic heterocycles. The molecule has 0 aliphatic carbocycles. The molecule has 0 atom stereocenters. The number of aromatic nitrogens is 3. The molecule has 4 aromatic rings. The van der Waals surface area contributed by atoms with Crippen molar-refractivity contribution in [3.8, 4) is 22.9 Å². The zero-order valence-electron chi connectivity index (χ0n) is 16.4. The van der Waals surface area contributed by atoms with Gasteiger partial charge in [0.05, 0.1) is 18.5 Å². The second-order valence-corrected chi connectivity index (χ2v) is 6.50. The van der Waals surface area contributed by atoms with Gasteiger partial charge in [-0.25, -0.2) is 14.5 Å². The summed E-state index contributed by atoms with van der Waals surface area (Å²) in [5.74, 6) is 1.31. The van der Waals surface area contributed by atoms with Crippen LogP contribution in [0.1, 0.15) is 5.69 Å². The number of benzene rings is 2. The van der Waals surface area contributed by atoms with Gasteiger partial charge in [0.2, 0.25) is 5.89 Å². The molecule has 0 spiro atoms. The normalized spacial score (nSPS) is 10.6. The predicted octanol–water partition coefficient (Wildman–Crippen LogP) is 3.90. The molecule has 0 radical (unpaired) electrons. The zero-order valence-corrected chi connectivity index (χ0v) is 16.4. The smallest absolute Gasteiger partial charge is 0.319 e. The van der Waals surface area contributed by atoms with Crippen LogP contribution in [0.25, 0.3) is 17.1 Å². The molecular weight excluding hydrogens is 382 g/mol. The lowest BCUT2D eigenvalue weighted by atomic mass is 10.2. The van der Waals surface area contributed by atoms with Gasteiger partial charge in [-0.3, -0.25) is 0 Å². The molecule has 8 heteroatoms. The van der Waals surface area contributed by atoms with E-state index in [1.807, 2.05) is 60.8 Å². The minimum atomic E-state index is -0.286. The number of hydrogen-bond acceptors (Lipinski definition) is 5. The molecule has 8 nitrogen and oxygen atoms in total. The zero-order chi connectivity index (χ0) is 20.8. The Morgan fingerprint density at radius 3 is 2.80 bits per heavy atom. The van der Waals surface area contributed by atoms with Gasteiger partial charge in [-0.05, 0) is 48.5 Å². The van der Waals surface area contributed by atoms with Crippen molar-refractivity contribution in [2.45, 2.75) is 6.42 Å². The Kier molecular flexibility index (Phi) is 5.75. The van der Waals surface area contributed by atoms with Crippen molar-refractivity contribution < 1.29 is 13.9 Å². The highest BCUT2D eigenvalue weighted by atomic mass is 16.5. The summed E-state index contributed by atoms with van der Waals surface area (Å²) in [5, 5.41) is 9.84. The van der Waals surface area contributed by atoms with E-state index in [1.54, 1.807) is 24.3 Å². The lowest BCUT2D eigenvalue weighted by molar-refractivity contribution is 0.252. The molecule has 30 heavy (non-hydrogen) atoms. The number of oxazole rings is 1. The van der Waals surface area contributed by atoms with E-state index in [4.69, 9.17) is 9.15 Å². The Labute approximate surface area is 173 Å². The Morgan fingerprint density at radius 1 is 1.17 bits per heavy atom. The highest BCUT2D eigenvalue weighted by Crippen LogP contribution is 2.21. The molecule has 2 aromatic heterocycles. The van der Waals surface area contributed by atoms with Gasteiger partial charge in [-0.2, -0.15) is 5.10 Å². The summed E-state index contributed by atoms with van der Waals surface area (Å²) >= 11 is 0. The molecule has 0 unspecified atom stereocenters. The average Bonchev–Trinajstić information content (AvgIpc) is 3.47. The van der Waals surface area contributed by atoms with Crippen molar-refractivity contribution in [2.75, 3.05) is 19.0 Å². The van der Waals surface area contributed by atoms with Crippen LogP contribution in [0, 0.1) is 0 Å². The van der Waals surface area contributed by atoms with Crippen molar-refractivity contribution in [1.29, 1.82) is 0 Å². The largest absolute Gasteiger partial charge is 0.497 e. The van der Waals surface area contributed by atoms with Crippen LogP contribution in [0.3, 0.4) is 0 Å². The number of ether oxygens (including phenoxy) is 1. The lowest BCUT2D eigenvalue weighted by Crippen LogP contribution is -2.30. The van der Waals surface area contributed by atoms with Crippen LogP contribution in [0.2, 0.25) is 0 Å². The fourth-order valence-corrected chi connectivity index (χ4v) is 2.92. The highest BCUT2D eigenvalue weighted by Gasteiger charge is 2.08. The van der Waals surface area contributed by atoms with Crippen LogP contribution < -0.4 is 15.4 Å². The van der Waals surface area contributed by atoms with Crippen LogP contribution >= 0.6 is 0 Å². The molecular formula is C22H21N5O3. The summed E-state index contributed by atoms with van der Waals surface area (Å²) < 4.78 is 12.4. The van der Waals surface area contributed by atoms with E-state index in [-0.39, 0.29) is 6.03 Å². The van der Waals surface area contributed by atoms with Crippen molar-refractivity contribution in [1.82, 2.24) is 20.1 Å². The topological polar surface area (TPSA) is 94.2 Å². The van der Waals surface area contributed by atoms with Crippen molar-refractivity contribution >= 4 is 11.7 Å². The lowest BCUT2D eigenvalue weighted by Gasteiger charge is -2.08. The number of rotatable bonds is 7. The van der Waals surface area contributed by atoms with Gasteiger partial charge >= 0.3 is 6.03 Å². The molecule has 0 saturated carbocycles. The molecule has 4 rings (SSSR count). The van der Waals surface area contributed by atoms with E-state index in [0.29, 0.717) is 24.5 Å².